The van der Waals surface area contributed by atoms with E-state index < -0.39 is 0 Å². The molecule has 108 valence electrons. The lowest BCUT2D eigenvalue weighted by Gasteiger charge is -2.20. The third kappa shape index (κ3) is 3.87. The third-order valence-corrected chi connectivity index (χ3v) is 3.96. The normalized spacial score (nSPS) is 12.3. The van der Waals surface area contributed by atoms with Crippen LogP contribution in [0.5, 0.6) is 5.75 Å². The summed E-state index contributed by atoms with van der Waals surface area (Å²) in [4.78, 5) is 0. The van der Waals surface area contributed by atoms with Crippen molar-refractivity contribution < 1.29 is 9.15 Å². The molecule has 0 spiro atoms. The summed E-state index contributed by atoms with van der Waals surface area (Å²) >= 11 is 3.64. The van der Waals surface area contributed by atoms with E-state index in [4.69, 9.17) is 9.15 Å². The molecule has 0 aliphatic heterocycles. The predicted octanol–water partition coefficient (Wildman–Crippen LogP) is 4.33. The van der Waals surface area contributed by atoms with E-state index in [1.807, 2.05) is 18.2 Å². The third-order valence-electron chi connectivity index (χ3n) is 3.24. The van der Waals surface area contributed by atoms with Gasteiger partial charge in [-0.05, 0) is 54.8 Å². The Morgan fingerprint density at radius 2 is 2.20 bits per heavy atom. The summed E-state index contributed by atoms with van der Waals surface area (Å²) in [5.74, 6) is 0.874. The van der Waals surface area contributed by atoms with Gasteiger partial charge in [-0.1, -0.05) is 22.9 Å². The van der Waals surface area contributed by atoms with Crippen LogP contribution in [0.3, 0.4) is 0 Å². The number of benzene rings is 1. The first kappa shape index (κ1) is 15.1. The first-order valence-corrected chi connectivity index (χ1v) is 7.61. The largest absolute Gasteiger partial charge is 0.497 e. The quantitative estimate of drug-likeness (QED) is 0.816. The van der Waals surface area contributed by atoms with Crippen LogP contribution in [0.1, 0.15) is 30.5 Å². The lowest BCUT2D eigenvalue weighted by molar-refractivity contribution is 0.412. The zero-order valence-electron chi connectivity index (χ0n) is 11.9. The smallest absolute Gasteiger partial charge is 0.119 e. The Bertz CT molecular complexity index is 525. The molecule has 0 fully saturated rings. The van der Waals surface area contributed by atoms with Gasteiger partial charge in [-0.25, -0.2) is 0 Å². The van der Waals surface area contributed by atoms with Crippen molar-refractivity contribution in [3.63, 3.8) is 0 Å². The van der Waals surface area contributed by atoms with Gasteiger partial charge < -0.3 is 14.5 Å². The molecule has 0 bridgehead atoms. The van der Waals surface area contributed by atoms with Crippen LogP contribution in [0.4, 0.5) is 0 Å². The highest BCUT2D eigenvalue weighted by Crippen LogP contribution is 2.30. The first-order valence-electron chi connectivity index (χ1n) is 6.82. The molecule has 1 unspecified atom stereocenters. The maximum absolute atomic E-state index is 5.33. The van der Waals surface area contributed by atoms with Crippen LogP contribution in [-0.4, -0.2) is 13.7 Å². The van der Waals surface area contributed by atoms with Crippen LogP contribution in [0.2, 0.25) is 0 Å². The molecule has 1 atom stereocenters. The second-order valence-corrected chi connectivity index (χ2v) is 5.58. The van der Waals surface area contributed by atoms with Crippen LogP contribution in [0.25, 0.3) is 0 Å². The maximum atomic E-state index is 5.33. The molecular weight excluding hydrogens is 318 g/mol. The maximum Gasteiger partial charge on any atom is 0.119 e. The number of nitrogens with one attached hydrogen (secondary N) is 1. The number of ether oxygens (including phenoxy) is 1. The van der Waals surface area contributed by atoms with E-state index in [1.165, 1.54) is 11.1 Å². The molecule has 0 radical (unpaired) electrons. The Morgan fingerprint density at radius 3 is 2.85 bits per heavy atom. The van der Waals surface area contributed by atoms with Gasteiger partial charge >= 0.3 is 0 Å². The molecule has 1 aromatic heterocycles. The minimum Gasteiger partial charge on any atom is -0.497 e. The summed E-state index contributed by atoms with van der Waals surface area (Å²) in [5.41, 5.74) is 2.40. The van der Waals surface area contributed by atoms with Crippen molar-refractivity contribution >= 4 is 15.9 Å². The van der Waals surface area contributed by atoms with Crippen molar-refractivity contribution in [3.05, 3.63) is 52.4 Å². The summed E-state index contributed by atoms with van der Waals surface area (Å²) in [6.45, 7) is 3.15. The number of methoxy groups -OCH3 is 1. The number of halogens is 1. The zero-order valence-corrected chi connectivity index (χ0v) is 13.4. The van der Waals surface area contributed by atoms with E-state index in [0.29, 0.717) is 0 Å². The average molecular weight is 338 g/mol. The fourth-order valence-corrected chi connectivity index (χ4v) is 2.69. The summed E-state index contributed by atoms with van der Waals surface area (Å²) in [6.07, 6.45) is 5.51. The number of hydrogen-bond donors (Lipinski definition) is 1. The molecule has 0 aliphatic carbocycles. The van der Waals surface area contributed by atoms with Crippen molar-refractivity contribution in [1.29, 1.82) is 0 Å². The fourth-order valence-electron chi connectivity index (χ4n) is 2.17. The van der Waals surface area contributed by atoms with E-state index in [-0.39, 0.29) is 6.04 Å². The number of furan rings is 1. The Morgan fingerprint density at radius 1 is 1.35 bits per heavy atom. The molecule has 2 rings (SSSR count). The van der Waals surface area contributed by atoms with Gasteiger partial charge in [0.25, 0.3) is 0 Å². The molecule has 1 N–H and O–H groups in total. The Balaban J connectivity index is 2.24. The van der Waals surface area contributed by atoms with Crippen molar-refractivity contribution in [3.8, 4) is 5.75 Å². The van der Waals surface area contributed by atoms with E-state index in [1.54, 1.807) is 19.6 Å². The molecule has 20 heavy (non-hydrogen) atoms. The minimum absolute atomic E-state index is 0.233. The first-order chi connectivity index (χ1) is 9.74. The van der Waals surface area contributed by atoms with Crippen LogP contribution >= 0.6 is 15.9 Å². The highest BCUT2D eigenvalue weighted by molar-refractivity contribution is 9.10. The van der Waals surface area contributed by atoms with Crippen LogP contribution < -0.4 is 10.1 Å². The average Bonchev–Trinajstić information content (AvgIpc) is 2.97. The predicted molar refractivity (Wildman–Crippen MR) is 84.1 cm³/mol. The van der Waals surface area contributed by atoms with Crippen molar-refractivity contribution in [2.45, 2.75) is 25.8 Å². The van der Waals surface area contributed by atoms with E-state index >= 15 is 0 Å². The van der Waals surface area contributed by atoms with Gasteiger partial charge in [0, 0.05) is 10.5 Å². The monoisotopic (exact) mass is 337 g/mol. The molecule has 1 aromatic carbocycles. The number of hydrogen-bond acceptors (Lipinski definition) is 3. The lowest BCUT2D eigenvalue weighted by atomic mass is 10.00. The van der Waals surface area contributed by atoms with Crippen molar-refractivity contribution in [2.24, 2.45) is 0 Å². The van der Waals surface area contributed by atoms with E-state index in [2.05, 4.69) is 34.2 Å². The van der Waals surface area contributed by atoms with Gasteiger partial charge in [0.05, 0.1) is 19.6 Å². The highest BCUT2D eigenvalue weighted by Gasteiger charge is 2.16. The molecule has 4 heteroatoms. The topological polar surface area (TPSA) is 34.4 Å². The summed E-state index contributed by atoms with van der Waals surface area (Å²) in [6, 6.07) is 8.32. The molecule has 0 saturated carbocycles. The Kier molecular flexibility index (Phi) is 5.68. The lowest BCUT2D eigenvalue weighted by Crippen LogP contribution is -2.24. The van der Waals surface area contributed by atoms with Gasteiger partial charge in [-0.2, -0.15) is 0 Å². The second-order valence-electron chi connectivity index (χ2n) is 4.73. The fraction of sp³-hybridized carbons (Fsp3) is 0.375. The van der Waals surface area contributed by atoms with E-state index in [0.717, 1.165) is 29.6 Å². The van der Waals surface area contributed by atoms with Crippen molar-refractivity contribution in [2.75, 3.05) is 13.7 Å². The van der Waals surface area contributed by atoms with Gasteiger partial charge in [-0.3, -0.25) is 0 Å². The van der Waals surface area contributed by atoms with Gasteiger partial charge in [0.2, 0.25) is 0 Å². The Hall–Kier alpha value is -1.26. The standard InChI is InChI=1S/C16H20BrNO2/c1-3-7-18-16(9-12-6-8-20-11-12)14-10-13(19-2)4-5-15(14)17/h4-6,8,10-11,16,18H,3,7,9H2,1-2H3. The molecule has 0 saturated heterocycles. The van der Waals surface area contributed by atoms with Crippen LogP contribution in [0, 0.1) is 0 Å². The molecular formula is C16H20BrNO2. The van der Waals surface area contributed by atoms with Crippen LogP contribution in [-0.2, 0) is 6.42 Å². The molecule has 3 nitrogen and oxygen atoms in total. The highest BCUT2D eigenvalue weighted by atomic mass is 79.9. The minimum atomic E-state index is 0.233. The zero-order chi connectivity index (χ0) is 14.4. The molecule has 0 amide bonds. The van der Waals surface area contributed by atoms with Gasteiger partial charge in [-0.15, -0.1) is 0 Å². The second kappa shape index (κ2) is 7.50. The number of rotatable bonds is 7. The van der Waals surface area contributed by atoms with Crippen LogP contribution in [0.15, 0.2) is 45.7 Å². The summed E-state index contributed by atoms with van der Waals surface area (Å²) < 4.78 is 11.6. The summed E-state index contributed by atoms with van der Waals surface area (Å²) in [7, 11) is 1.69. The van der Waals surface area contributed by atoms with E-state index in [9.17, 15) is 0 Å². The van der Waals surface area contributed by atoms with Gasteiger partial charge in [0.1, 0.15) is 5.75 Å². The SMILES string of the molecule is CCCNC(Cc1ccoc1)c1cc(OC)ccc1Br. The molecule has 1 heterocycles. The van der Waals surface area contributed by atoms with Crippen molar-refractivity contribution in [1.82, 2.24) is 5.32 Å². The summed E-state index contributed by atoms with van der Waals surface area (Å²) in [5, 5.41) is 3.59. The van der Waals surface area contributed by atoms with Gasteiger partial charge in [0.15, 0.2) is 0 Å². The molecule has 2 aromatic rings. The molecule has 0 aliphatic rings. The Labute approximate surface area is 128 Å².